The highest BCUT2D eigenvalue weighted by molar-refractivity contribution is 9.09. The standard InChI is InChI=1S/C15H20Br2N2O2/c16-13-5-1-11(2-6-13)15(18-9-20,19-10-21)12-3-7-14(17)8-4-12/h11-14H,1-8H2. The molecule has 0 heterocycles. The first-order valence-corrected chi connectivity index (χ1v) is 9.41. The highest BCUT2D eigenvalue weighted by Crippen LogP contribution is 2.47. The van der Waals surface area contributed by atoms with E-state index >= 15 is 0 Å². The van der Waals surface area contributed by atoms with Crippen molar-refractivity contribution >= 4 is 44.0 Å². The molecular formula is C15H20Br2N2O2. The molecule has 0 aromatic carbocycles. The van der Waals surface area contributed by atoms with Gasteiger partial charge >= 0.3 is 0 Å². The molecule has 4 nitrogen and oxygen atoms in total. The maximum absolute atomic E-state index is 11.0. The van der Waals surface area contributed by atoms with Crippen LogP contribution in [0.2, 0.25) is 0 Å². The normalized spacial score (nSPS) is 35.9. The van der Waals surface area contributed by atoms with Crippen molar-refractivity contribution in [2.45, 2.75) is 66.7 Å². The number of aliphatic imine (C=N–C) groups is 2. The van der Waals surface area contributed by atoms with Crippen LogP contribution >= 0.6 is 31.9 Å². The van der Waals surface area contributed by atoms with Gasteiger partial charge in [-0.3, -0.25) is 0 Å². The quantitative estimate of drug-likeness (QED) is 0.388. The summed E-state index contributed by atoms with van der Waals surface area (Å²) in [6.07, 6.45) is 11.2. The largest absolute Gasteiger partial charge is 0.237 e. The van der Waals surface area contributed by atoms with Crippen LogP contribution in [0.15, 0.2) is 9.98 Å². The van der Waals surface area contributed by atoms with Crippen molar-refractivity contribution in [1.82, 2.24) is 0 Å². The molecule has 0 saturated heterocycles. The van der Waals surface area contributed by atoms with Crippen LogP contribution in [-0.4, -0.2) is 27.5 Å². The van der Waals surface area contributed by atoms with Gasteiger partial charge in [-0.15, -0.1) is 0 Å². The number of carbonyl (C=O) groups excluding carboxylic acids is 2. The van der Waals surface area contributed by atoms with Gasteiger partial charge in [-0.1, -0.05) is 31.9 Å². The Morgan fingerprint density at radius 1 is 0.714 bits per heavy atom. The number of hydrogen-bond acceptors (Lipinski definition) is 4. The number of isocyanates is 2. The smallest absolute Gasteiger partial charge is 0.211 e. The second kappa shape index (κ2) is 7.82. The number of nitrogens with zero attached hydrogens (tertiary/aromatic N) is 2. The molecule has 0 aromatic rings. The Balaban J connectivity index is 2.28. The van der Waals surface area contributed by atoms with Gasteiger partial charge in [-0.25, -0.2) is 9.59 Å². The van der Waals surface area contributed by atoms with Crippen molar-refractivity contribution in [2.24, 2.45) is 21.8 Å². The first kappa shape index (κ1) is 17.1. The average molecular weight is 420 g/mol. The molecule has 0 amide bonds. The first-order chi connectivity index (χ1) is 10.1. The second-order valence-corrected chi connectivity index (χ2v) is 8.68. The summed E-state index contributed by atoms with van der Waals surface area (Å²) in [6.45, 7) is 0. The van der Waals surface area contributed by atoms with Crippen molar-refractivity contribution in [3.63, 3.8) is 0 Å². The summed E-state index contributed by atoms with van der Waals surface area (Å²) in [4.78, 5) is 31.2. The van der Waals surface area contributed by atoms with Gasteiger partial charge in [0, 0.05) is 21.5 Å². The SMILES string of the molecule is O=C=NC(N=C=O)(C1CCC(Br)CC1)C1CCC(Br)CC1. The van der Waals surface area contributed by atoms with Crippen LogP contribution < -0.4 is 0 Å². The summed E-state index contributed by atoms with van der Waals surface area (Å²) >= 11 is 7.28. The van der Waals surface area contributed by atoms with E-state index in [1.165, 1.54) is 0 Å². The van der Waals surface area contributed by atoms with Gasteiger partial charge in [0.2, 0.25) is 12.2 Å². The molecule has 6 heteroatoms. The zero-order valence-corrected chi connectivity index (χ0v) is 15.1. The lowest BCUT2D eigenvalue weighted by molar-refractivity contribution is 0.118. The Hall–Kier alpha value is -0.280. The third-order valence-corrected chi connectivity index (χ3v) is 6.80. The minimum atomic E-state index is -0.927. The number of rotatable bonds is 4. The van der Waals surface area contributed by atoms with E-state index in [9.17, 15) is 9.59 Å². The predicted octanol–water partition coefficient (Wildman–Crippen LogP) is 4.26. The molecular weight excluding hydrogens is 400 g/mol. The molecule has 116 valence electrons. The van der Waals surface area contributed by atoms with Crippen LogP contribution in [0.3, 0.4) is 0 Å². The minimum Gasteiger partial charge on any atom is -0.211 e. The average Bonchev–Trinajstić information content (AvgIpc) is 2.48. The van der Waals surface area contributed by atoms with Crippen molar-refractivity contribution < 1.29 is 9.59 Å². The molecule has 2 rings (SSSR count). The van der Waals surface area contributed by atoms with Gasteiger partial charge in [-0.2, -0.15) is 9.98 Å². The summed E-state index contributed by atoms with van der Waals surface area (Å²) in [5, 5.41) is 0. The maximum atomic E-state index is 11.0. The predicted molar refractivity (Wildman–Crippen MR) is 88.3 cm³/mol. The Morgan fingerprint density at radius 2 is 1.05 bits per heavy atom. The Labute approximate surface area is 142 Å². The molecule has 2 fully saturated rings. The first-order valence-electron chi connectivity index (χ1n) is 7.58. The molecule has 2 saturated carbocycles. The van der Waals surface area contributed by atoms with Gasteiger partial charge < -0.3 is 0 Å². The fourth-order valence-electron chi connectivity index (χ4n) is 3.82. The highest BCUT2D eigenvalue weighted by atomic mass is 79.9. The zero-order valence-electron chi connectivity index (χ0n) is 11.9. The molecule has 0 atom stereocenters. The molecule has 0 bridgehead atoms. The van der Waals surface area contributed by atoms with Crippen molar-refractivity contribution in [3.05, 3.63) is 0 Å². The summed E-state index contributed by atoms with van der Waals surface area (Å²) in [5.74, 6) is 0.289. The van der Waals surface area contributed by atoms with E-state index in [2.05, 4.69) is 41.8 Å². The van der Waals surface area contributed by atoms with Gasteiger partial charge in [0.15, 0.2) is 5.66 Å². The summed E-state index contributed by atoms with van der Waals surface area (Å²) in [7, 11) is 0. The molecule has 0 aliphatic heterocycles. The Bertz CT molecular complexity index is 401. The summed E-state index contributed by atoms with van der Waals surface area (Å²) < 4.78 is 0. The van der Waals surface area contributed by atoms with E-state index in [4.69, 9.17) is 0 Å². The lowest BCUT2D eigenvalue weighted by Gasteiger charge is -2.42. The van der Waals surface area contributed by atoms with E-state index in [1.807, 2.05) is 0 Å². The lowest BCUT2D eigenvalue weighted by Crippen LogP contribution is -2.45. The molecule has 2 aliphatic carbocycles. The molecule has 0 N–H and O–H groups in total. The van der Waals surface area contributed by atoms with Crippen LogP contribution in [0.1, 0.15) is 51.4 Å². The number of hydrogen-bond donors (Lipinski definition) is 0. The van der Waals surface area contributed by atoms with Crippen LogP contribution in [0.25, 0.3) is 0 Å². The van der Waals surface area contributed by atoms with Gasteiger partial charge in [0.25, 0.3) is 0 Å². The van der Waals surface area contributed by atoms with Crippen molar-refractivity contribution in [2.75, 3.05) is 0 Å². The van der Waals surface area contributed by atoms with Gasteiger partial charge in [-0.05, 0) is 51.4 Å². The highest BCUT2D eigenvalue weighted by Gasteiger charge is 2.47. The van der Waals surface area contributed by atoms with E-state index < -0.39 is 5.66 Å². The number of halogens is 2. The van der Waals surface area contributed by atoms with Crippen molar-refractivity contribution in [3.8, 4) is 0 Å². The molecule has 21 heavy (non-hydrogen) atoms. The molecule has 0 spiro atoms. The molecule has 0 radical (unpaired) electrons. The Morgan fingerprint density at radius 3 is 1.33 bits per heavy atom. The van der Waals surface area contributed by atoms with E-state index in [0.29, 0.717) is 9.65 Å². The topological polar surface area (TPSA) is 58.9 Å². The van der Waals surface area contributed by atoms with E-state index in [1.54, 1.807) is 12.2 Å². The minimum absolute atomic E-state index is 0.145. The van der Waals surface area contributed by atoms with Crippen LogP contribution in [0.5, 0.6) is 0 Å². The molecule has 2 aliphatic rings. The second-order valence-electron chi connectivity index (χ2n) is 6.09. The van der Waals surface area contributed by atoms with Crippen LogP contribution in [0.4, 0.5) is 0 Å². The fraction of sp³-hybridized carbons (Fsp3) is 0.867. The third kappa shape index (κ3) is 3.92. The lowest BCUT2D eigenvalue weighted by atomic mass is 9.69. The monoisotopic (exact) mass is 418 g/mol. The maximum Gasteiger partial charge on any atom is 0.237 e. The van der Waals surface area contributed by atoms with E-state index in [0.717, 1.165) is 51.4 Å². The molecule has 0 unspecified atom stereocenters. The van der Waals surface area contributed by atoms with E-state index in [-0.39, 0.29) is 11.8 Å². The third-order valence-electron chi connectivity index (χ3n) is 4.96. The van der Waals surface area contributed by atoms with Crippen LogP contribution in [0, 0.1) is 11.8 Å². The van der Waals surface area contributed by atoms with Gasteiger partial charge in [0.1, 0.15) is 0 Å². The van der Waals surface area contributed by atoms with Gasteiger partial charge in [0.05, 0.1) is 0 Å². The summed E-state index contributed by atoms with van der Waals surface area (Å²) in [6, 6.07) is 0. The molecule has 0 aromatic heterocycles. The Kier molecular flexibility index (Phi) is 6.36. The van der Waals surface area contributed by atoms with Crippen LogP contribution in [-0.2, 0) is 9.59 Å². The summed E-state index contributed by atoms with van der Waals surface area (Å²) in [5.41, 5.74) is -0.927. The zero-order chi connectivity index (χ0) is 15.3. The fourth-order valence-corrected chi connectivity index (χ4v) is 4.88. The number of alkyl halides is 2. The van der Waals surface area contributed by atoms with Crippen molar-refractivity contribution in [1.29, 1.82) is 0 Å².